The molecule has 0 bridgehead atoms. The molecule has 0 saturated heterocycles. The molecule has 7 nitrogen and oxygen atoms in total. The quantitative estimate of drug-likeness (QED) is 0.276. The Hall–Kier alpha value is -2.83. The lowest BCUT2D eigenvalue weighted by molar-refractivity contribution is 0.532. The zero-order chi connectivity index (χ0) is 17.7. The minimum Gasteiger partial charge on any atom is -0.436 e. The largest absolute Gasteiger partial charge is 0.436 e. The van der Waals surface area contributed by atoms with Crippen LogP contribution in [0.3, 0.4) is 0 Å². The molecule has 2 aromatic rings. The molecule has 0 heterocycles. The van der Waals surface area contributed by atoms with Crippen LogP contribution in [0.4, 0.5) is 0 Å². The van der Waals surface area contributed by atoms with Crippen molar-refractivity contribution in [1.82, 2.24) is 0 Å². The summed E-state index contributed by atoms with van der Waals surface area (Å²) in [5, 5.41) is 3.26. The molecule has 0 aliphatic rings. The topological polar surface area (TPSA) is 104 Å². The molecule has 124 valence electrons. The number of azide groups is 1. The molecule has 0 aliphatic heterocycles. The van der Waals surface area contributed by atoms with Crippen molar-refractivity contribution in [3.05, 3.63) is 69.6 Å². The fraction of sp³-hybridized carbons (Fsp3) is 0.188. The first-order valence-corrected chi connectivity index (χ1v) is 8.48. The third-order valence-electron chi connectivity index (χ3n) is 3.25. The first-order chi connectivity index (χ1) is 11.3. The van der Waals surface area contributed by atoms with Gasteiger partial charge in [0.05, 0.1) is 4.90 Å². The van der Waals surface area contributed by atoms with Crippen LogP contribution in [0.25, 0.3) is 10.4 Å². The van der Waals surface area contributed by atoms with E-state index in [0.29, 0.717) is 5.75 Å². The van der Waals surface area contributed by atoms with E-state index in [4.69, 9.17) is 10.3 Å². The highest BCUT2D eigenvalue weighted by molar-refractivity contribution is 7.90. The van der Waals surface area contributed by atoms with E-state index in [-0.39, 0.29) is 4.90 Å². The standard InChI is InChI=1S/C16H16N4O3S/c1-11-7-9-14(10-8-11)24(21,22)19-16(18-20-17)23-15-12(2)5-4-6-13(15)3/h4-10H,1-3H3/b19-16+. The third kappa shape index (κ3) is 4.13. The molecular weight excluding hydrogens is 328 g/mol. The minimum atomic E-state index is -4.05. The zero-order valence-electron chi connectivity index (χ0n) is 13.5. The summed E-state index contributed by atoms with van der Waals surface area (Å²) in [7, 11) is -4.05. The molecule has 0 fully saturated rings. The Kier molecular flexibility index (Phi) is 5.23. The summed E-state index contributed by atoms with van der Waals surface area (Å²) < 4.78 is 33.6. The van der Waals surface area contributed by atoms with Gasteiger partial charge in [-0.05, 0) is 54.7 Å². The highest BCUT2D eigenvalue weighted by Gasteiger charge is 2.16. The van der Waals surface area contributed by atoms with Gasteiger partial charge < -0.3 is 4.74 Å². The molecule has 0 unspecified atom stereocenters. The van der Waals surface area contributed by atoms with Crippen molar-refractivity contribution in [2.45, 2.75) is 25.7 Å². The van der Waals surface area contributed by atoms with Crippen molar-refractivity contribution in [2.24, 2.45) is 9.51 Å². The molecule has 24 heavy (non-hydrogen) atoms. The van der Waals surface area contributed by atoms with Gasteiger partial charge >= 0.3 is 0 Å². The van der Waals surface area contributed by atoms with Gasteiger partial charge in [-0.2, -0.15) is 8.42 Å². The van der Waals surface area contributed by atoms with Gasteiger partial charge in [0.15, 0.2) is 0 Å². The number of ether oxygens (including phenoxy) is 1. The second-order valence-electron chi connectivity index (χ2n) is 5.17. The molecule has 2 rings (SSSR count). The van der Waals surface area contributed by atoms with Crippen LogP contribution in [0.5, 0.6) is 5.75 Å². The number of aryl methyl sites for hydroxylation is 3. The Morgan fingerprint density at radius 2 is 1.62 bits per heavy atom. The van der Waals surface area contributed by atoms with Gasteiger partial charge in [0.25, 0.3) is 16.0 Å². The summed E-state index contributed by atoms with van der Waals surface area (Å²) in [6.45, 7) is 5.43. The highest BCUT2D eigenvalue weighted by Crippen LogP contribution is 2.23. The van der Waals surface area contributed by atoms with E-state index in [9.17, 15) is 8.42 Å². The summed E-state index contributed by atoms with van der Waals surface area (Å²) in [6.07, 6.45) is 0. The van der Waals surface area contributed by atoms with E-state index < -0.39 is 16.0 Å². The van der Waals surface area contributed by atoms with E-state index in [1.165, 1.54) is 12.1 Å². The van der Waals surface area contributed by atoms with Crippen molar-refractivity contribution in [3.63, 3.8) is 0 Å². The van der Waals surface area contributed by atoms with Crippen molar-refractivity contribution in [3.8, 4) is 5.75 Å². The normalized spacial score (nSPS) is 11.7. The van der Waals surface area contributed by atoms with Crippen molar-refractivity contribution in [2.75, 3.05) is 0 Å². The maximum atomic E-state index is 12.3. The van der Waals surface area contributed by atoms with Crippen LogP contribution in [-0.4, -0.2) is 14.4 Å². The molecule has 0 radical (unpaired) electrons. The molecule has 0 aliphatic carbocycles. The van der Waals surface area contributed by atoms with Crippen LogP contribution >= 0.6 is 0 Å². The number of hydrogen-bond acceptors (Lipinski definition) is 3. The number of amidine groups is 1. The lowest BCUT2D eigenvalue weighted by atomic mass is 10.1. The second-order valence-corrected chi connectivity index (χ2v) is 6.78. The van der Waals surface area contributed by atoms with Crippen molar-refractivity contribution < 1.29 is 13.2 Å². The smallest absolute Gasteiger partial charge is 0.295 e. The third-order valence-corrected chi connectivity index (χ3v) is 4.51. The summed E-state index contributed by atoms with van der Waals surface area (Å²) in [4.78, 5) is 2.58. The fourth-order valence-corrected chi connectivity index (χ4v) is 2.88. The molecule has 2 aromatic carbocycles. The van der Waals surface area contributed by atoms with E-state index in [2.05, 4.69) is 14.4 Å². The average molecular weight is 344 g/mol. The lowest BCUT2D eigenvalue weighted by Crippen LogP contribution is -2.10. The molecule has 0 saturated carbocycles. The molecular formula is C16H16N4O3S. The predicted octanol–water partition coefficient (Wildman–Crippen LogP) is 4.05. The first kappa shape index (κ1) is 17.5. The Morgan fingerprint density at radius 3 is 2.17 bits per heavy atom. The summed E-state index contributed by atoms with van der Waals surface area (Å²) in [5.74, 6) is 0.405. The van der Waals surface area contributed by atoms with Gasteiger partial charge in [0, 0.05) is 4.91 Å². The van der Waals surface area contributed by atoms with E-state index in [1.807, 2.05) is 13.0 Å². The van der Waals surface area contributed by atoms with Crippen LogP contribution in [-0.2, 0) is 10.0 Å². The summed E-state index contributed by atoms with van der Waals surface area (Å²) >= 11 is 0. The molecule has 0 atom stereocenters. The molecule has 0 amide bonds. The Labute approximate surface area is 140 Å². The van der Waals surface area contributed by atoms with Crippen molar-refractivity contribution in [1.29, 1.82) is 0 Å². The Bertz CT molecular complexity index is 908. The average Bonchev–Trinajstić information content (AvgIpc) is 2.51. The van der Waals surface area contributed by atoms with Gasteiger partial charge in [-0.1, -0.05) is 35.9 Å². The molecule has 0 spiro atoms. The first-order valence-electron chi connectivity index (χ1n) is 7.04. The maximum absolute atomic E-state index is 12.3. The van der Waals surface area contributed by atoms with Crippen LogP contribution in [0.1, 0.15) is 16.7 Å². The van der Waals surface area contributed by atoms with Crippen LogP contribution in [0.2, 0.25) is 0 Å². The number of sulfonamides is 1. The predicted molar refractivity (Wildman–Crippen MR) is 91.5 cm³/mol. The SMILES string of the molecule is Cc1ccc(S(=O)(=O)/N=C(\N=[N+]=[N-])Oc2c(C)cccc2C)cc1. The Morgan fingerprint density at radius 1 is 1.04 bits per heavy atom. The highest BCUT2D eigenvalue weighted by atomic mass is 32.2. The second kappa shape index (κ2) is 7.16. The monoisotopic (exact) mass is 344 g/mol. The zero-order valence-corrected chi connectivity index (χ0v) is 14.3. The van der Waals surface area contributed by atoms with Crippen LogP contribution < -0.4 is 4.74 Å². The number of hydrogen-bond donors (Lipinski definition) is 0. The van der Waals surface area contributed by atoms with Crippen LogP contribution in [0.15, 0.2) is 56.9 Å². The van der Waals surface area contributed by atoms with Gasteiger partial charge in [-0.15, -0.1) is 4.40 Å². The molecule has 0 N–H and O–H groups in total. The Balaban J connectivity index is 2.45. The summed E-state index contributed by atoms with van der Waals surface area (Å²) in [6, 6.07) is 11.0. The van der Waals surface area contributed by atoms with Gasteiger partial charge in [-0.25, -0.2) is 0 Å². The van der Waals surface area contributed by atoms with Gasteiger partial charge in [-0.3, -0.25) is 0 Å². The maximum Gasteiger partial charge on any atom is 0.295 e. The number of nitrogens with zero attached hydrogens (tertiary/aromatic N) is 4. The lowest BCUT2D eigenvalue weighted by Gasteiger charge is -2.10. The van der Waals surface area contributed by atoms with Gasteiger partial charge in [0.1, 0.15) is 5.75 Å². The number of rotatable bonds is 3. The van der Waals surface area contributed by atoms with Crippen LogP contribution in [0, 0.1) is 20.8 Å². The number of para-hydroxylation sites is 1. The van der Waals surface area contributed by atoms with E-state index in [1.54, 1.807) is 38.1 Å². The fourth-order valence-electron chi connectivity index (χ4n) is 2.01. The van der Waals surface area contributed by atoms with Crippen molar-refractivity contribution >= 4 is 16.0 Å². The van der Waals surface area contributed by atoms with Gasteiger partial charge in [0.2, 0.25) is 0 Å². The molecule has 8 heteroatoms. The number of benzene rings is 2. The summed E-state index contributed by atoms with van der Waals surface area (Å²) in [5.41, 5.74) is 11.1. The molecule has 0 aromatic heterocycles. The van der Waals surface area contributed by atoms with E-state index >= 15 is 0 Å². The minimum absolute atomic E-state index is 0.0103. The van der Waals surface area contributed by atoms with E-state index in [0.717, 1.165) is 16.7 Å².